The van der Waals surface area contributed by atoms with Gasteiger partial charge in [-0.1, -0.05) is 178 Å². The van der Waals surface area contributed by atoms with Crippen molar-refractivity contribution in [2.45, 2.75) is 19.3 Å². The van der Waals surface area contributed by atoms with Gasteiger partial charge in [0.2, 0.25) is 0 Å². The zero-order chi connectivity index (χ0) is 38.5. The van der Waals surface area contributed by atoms with Crippen molar-refractivity contribution in [2.75, 3.05) is 0 Å². The molecule has 4 nitrogen and oxygen atoms in total. The predicted molar refractivity (Wildman–Crippen MR) is 239 cm³/mol. The third-order valence-electron chi connectivity index (χ3n) is 12.3. The average molecular weight is 742 g/mol. The lowest BCUT2D eigenvalue weighted by Crippen LogP contribution is -2.15. The van der Waals surface area contributed by atoms with Crippen molar-refractivity contribution in [3.8, 4) is 56.4 Å². The average Bonchev–Trinajstić information content (AvgIpc) is 3.78. The molecule has 0 bridgehead atoms. The van der Waals surface area contributed by atoms with Crippen molar-refractivity contribution < 1.29 is 4.42 Å². The van der Waals surface area contributed by atoms with Gasteiger partial charge >= 0.3 is 0 Å². The van der Waals surface area contributed by atoms with E-state index in [4.69, 9.17) is 19.4 Å². The van der Waals surface area contributed by atoms with Crippen molar-refractivity contribution in [2.24, 2.45) is 0 Å². The predicted octanol–water partition coefficient (Wildman–Crippen LogP) is 14.2. The van der Waals surface area contributed by atoms with E-state index >= 15 is 0 Å². The first kappa shape index (κ1) is 32.8. The monoisotopic (exact) mass is 741 g/mol. The van der Waals surface area contributed by atoms with Gasteiger partial charge in [-0.3, -0.25) is 0 Å². The highest BCUT2D eigenvalue weighted by Gasteiger charge is 2.39. The number of furan rings is 1. The molecule has 0 N–H and O–H groups in total. The lowest BCUT2D eigenvalue weighted by molar-refractivity contribution is 0.653. The Labute approximate surface area is 335 Å². The van der Waals surface area contributed by atoms with Crippen LogP contribution in [0.5, 0.6) is 0 Å². The summed E-state index contributed by atoms with van der Waals surface area (Å²) in [6.07, 6.45) is 0. The van der Waals surface area contributed by atoms with Gasteiger partial charge in [0.1, 0.15) is 11.2 Å². The second kappa shape index (κ2) is 12.3. The second-order valence-electron chi connectivity index (χ2n) is 15.9. The summed E-state index contributed by atoms with van der Waals surface area (Å²) in [5.41, 5.74) is 11.4. The molecule has 0 amide bonds. The molecule has 2 aromatic heterocycles. The molecule has 11 aromatic rings. The SMILES string of the molecule is CC1(C)c2ccccc2-c2c1cc(-c1nc(-c3ccc(-c4ccccc4)cc3)nc(-c3cccc4c3ccc3ccc5ccccc5c34)n1)c1c2oc2ccccc21. The van der Waals surface area contributed by atoms with E-state index in [1.807, 2.05) is 12.1 Å². The summed E-state index contributed by atoms with van der Waals surface area (Å²) in [4.78, 5) is 16.1. The van der Waals surface area contributed by atoms with Crippen LogP contribution in [0.25, 0.3) is 111 Å². The van der Waals surface area contributed by atoms with Gasteiger partial charge in [0.25, 0.3) is 0 Å². The van der Waals surface area contributed by atoms with Gasteiger partial charge in [0, 0.05) is 38.4 Å². The maximum Gasteiger partial charge on any atom is 0.164 e. The maximum absolute atomic E-state index is 6.86. The van der Waals surface area contributed by atoms with Gasteiger partial charge in [-0.05, 0) is 72.3 Å². The van der Waals surface area contributed by atoms with Crippen molar-refractivity contribution in [3.05, 3.63) is 187 Å². The van der Waals surface area contributed by atoms with Crippen molar-refractivity contribution in [1.82, 2.24) is 15.0 Å². The van der Waals surface area contributed by atoms with Crippen LogP contribution in [0.1, 0.15) is 25.0 Å². The quantitative estimate of drug-likeness (QED) is 0.169. The van der Waals surface area contributed by atoms with Gasteiger partial charge in [-0.2, -0.15) is 0 Å². The third kappa shape index (κ3) is 4.78. The van der Waals surface area contributed by atoms with Crippen molar-refractivity contribution in [3.63, 3.8) is 0 Å². The van der Waals surface area contributed by atoms with Gasteiger partial charge in [0.15, 0.2) is 17.5 Å². The first-order valence-corrected chi connectivity index (χ1v) is 19.9. The Morgan fingerprint density at radius 2 is 1.02 bits per heavy atom. The van der Waals surface area contributed by atoms with Crippen molar-refractivity contribution >= 4 is 54.3 Å². The molecule has 0 aliphatic heterocycles. The number of nitrogens with zero attached hydrogens (tertiary/aromatic N) is 3. The Kier molecular flexibility index (Phi) is 6.94. The summed E-state index contributed by atoms with van der Waals surface area (Å²) >= 11 is 0. The maximum atomic E-state index is 6.86. The van der Waals surface area contributed by atoms with Crippen LogP contribution in [0.2, 0.25) is 0 Å². The molecule has 0 atom stereocenters. The van der Waals surface area contributed by atoms with E-state index in [-0.39, 0.29) is 5.41 Å². The summed E-state index contributed by atoms with van der Waals surface area (Å²) < 4.78 is 6.86. The Bertz CT molecular complexity index is 3470. The van der Waals surface area contributed by atoms with Crippen LogP contribution in [0.4, 0.5) is 0 Å². The van der Waals surface area contributed by atoms with Crippen LogP contribution in [0.3, 0.4) is 0 Å². The molecule has 0 fully saturated rings. The minimum Gasteiger partial charge on any atom is -0.455 e. The fourth-order valence-electron chi connectivity index (χ4n) is 9.47. The Balaban J connectivity index is 1.15. The molecule has 1 aliphatic carbocycles. The van der Waals surface area contributed by atoms with Crippen molar-refractivity contribution in [1.29, 1.82) is 0 Å². The van der Waals surface area contributed by atoms with Crippen LogP contribution in [0, 0.1) is 0 Å². The molecule has 1 aliphatic rings. The Hall–Kier alpha value is -7.43. The second-order valence-corrected chi connectivity index (χ2v) is 15.9. The Morgan fingerprint density at radius 3 is 1.88 bits per heavy atom. The van der Waals surface area contributed by atoms with Crippen LogP contribution >= 0.6 is 0 Å². The smallest absolute Gasteiger partial charge is 0.164 e. The molecule has 0 saturated carbocycles. The molecule has 272 valence electrons. The standard InChI is InChI=1S/C54H35N3O/c1-54(2)44-21-10-8-17-41(44)49-45(54)31-43(48-42-18-9-11-22-46(42)58-50(48)49)53-56-51(36-27-23-33(24-28-36)32-13-4-3-5-14-32)55-52(57-53)40-20-12-19-39-38(40)30-29-35-26-25-34-15-6-7-16-37(34)47(35)39/h3-31H,1-2H3. The highest BCUT2D eigenvalue weighted by molar-refractivity contribution is 6.22. The lowest BCUT2D eigenvalue weighted by Gasteiger charge is -2.22. The highest BCUT2D eigenvalue weighted by atomic mass is 16.3. The number of rotatable bonds is 4. The molecule has 58 heavy (non-hydrogen) atoms. The van der Waals surface area contributed by atoms with Gasteiger partial charge < -0.3 is 4.42 Å². The molecular formula is C54H35N3O. The number of para-hydroxylation sites is 1. The Morgan fingerprint density at radius 1 is 0.397 bits per heavy atom. The molecule has 0 spiro atoms. The third-order valence-corrected chi connectivity index (χ3v) is 12.3. The molecule has 9 aromatic carbocycles. The summed E-state index contributed by atoms with van der Waals surface area (Å²) in [6, 6.07) is 62.4. The van der Waals surface area contributed by atoms with Crippen LogP contribution in [-0.2, 0) is 5.41 Å². The number of fused-ring (bicyclic) bond motifs is 12. The van der Waals surface area contributed by atoms with Gasteiger partial charge in [-0.25, -0.2) is 15.0 Å². The molecular weight excluding hydrogens is 707 g/mol. The topological polar surface area (TPSA) is 51.8 Å². The number of hydrogen-bond acceptors (Lipinski definition) is 4. The van der Waals surface area contributed by atoms with Crippen LogP contribution in [-0.4, -0.2) is 15.0 Å². The largest absolute Gasteiger partial charge is 0.455 e. The van der Waals surface area contributed by atoms with E-state index in [0.29, 0.717) is 17.5 Å². The molecule has 2 heterocycles. The number of aromatic nitrogens is 3. The summed E-state index contributed by atoms with van der Waals surface area (Å²) in [6.45, 7) is 4.61. The zero-order valence-corrected chi connectivity index (χ0v) is 32.0. The fraction of sp³-hybridized carbons (Fsp3) is 0.0556. The van der Waals surface area contributed by atoms with E-state index in [2.05, 4.69) is 178 Å². The van der Waals surface area contributed by atoms with Gasteiger partial charge in [0.05, 0.1) is 0 Å². The lowest BCUT2D eigenvalue weighted by atomic mass is 9.81. The highest BCUT2D eigenvalue weighted by Crippen LogP contribution is 2.54. The summed E-state index contributed by atoms with van der Waals surface area (Å²) in [5, 5.41) is 9.20. The van der Waals surface area contributed by atoms with E-state index in [1.54, 1.807) is 0 Å². The minimum atomic E-state index is -0.265. The normalized spacial score (nSPS) is 13.1. The van der Waals surface area contributed by atoms with Crippen LogP contribution < -0.4 is 0 Å². The van der Waals surface area contributed by atoms with Crippen LogP contribution in [0.15, 0.2) is 180 Å². The molecule has 0 unspecified atom stereocenters. The molecule has 12 rings (SSSR count). The number of hydrogen-bond donors (Lipinski definition) is 0. The number of benzene rings is 9. The summed E-state index contributed by atoms with van der Waals surface area (Å²) in [7, 11) is 0. The fourth-order valence-corrected chi connectivity index (χ4v) is 9.47. The minimum absolute atomic E-state index is 0.265. The van der Waals surface area contributed by atoms with E-state index in [0.717, 1.165) is 60.7 Å². The zero-order valence-electron chi connectivity index (χ0n) is 32.0. The first-order chi connectivity index (χ1) is 28.5. The summed E-state index contributed by atoms with van der Waals surface area (Å²) in [5.74, 6) is 1.86. The molecule has 4 heteroatoms. The van der Waals surface area contributed by atoms with E-state index < -0.39 is 0 Å². The van der Waals surface area contributed by atoms with Gasteiger partial charge in [-0.15, -0.1) is 0 Å². The molecule has 0 saturated heterocycles. The molecule has 0 radical (unpaired) electrons. The van der Waals surface area contributed by atoms with E-state index in [9.17, 15) is 0 Å². The first-order valence-electron chi connectivity index (χ1n) is 19.9. The van der Waals surface area contributed by atoms with E-state index in [1.165, 1.54) is 43.6 Å².